The van der Waals surface area contributed by atoms with E-state index in [1.165, 1.54) is 18.2 Å². The van der Waals surface area contributed by atoms with E-state index in [0.717, 1.165) is 5.56 Å². The van der Waals surface area contributed by atoms with Crippen molar-refractivity contribution < 1.29 is 8.78 Å². The van der Waals surface area contributed by atoms with Gasteiger partial charge in [-0.2, -0.15) is 5.10 Å². The first-order valence-corrected chi connectivity index (χ1v) is 9.45. The lowest BCUT2D eigenvalue weighted by molar-refractivity contribution is 0.622. The smallest absolute Gasteiger partial charge is 0.231 e. The average Bonchev–Trinajstić information content (AvgIpc) is 3.07. The van der Waals surface area contributed by atoms with E-state index in [1.807, 2.05) is 20.0 Å². The topological polar surface area (TPSA) is 46.8 Å². The lowest BCUT2D eigenvalue weighted by atomic mass is 10.1. The Morgan fingerprint density at radius 1 is 1.11 bits per heavy atom. The fourth-order valence-corrected chi connectivity index (χ4v) is 3.54. The van der Waals surface area contributed by atoms with Crippen molar-refractivity contribution in [3.63, 3.8) is 0 Å². The third-order valence-electron chi connectivity index (χ3n) is 4.43. The summed E-state index contributed by atoms with van der Waals surface area (Å²) < 4.78 is 29.9. The summed E-state index contributed by atoms with van der Waals surface area (Å²) in [6.45, 7) is 2.50. The summed E-state index contributed by atoms with van der Waals surface area (Å²) >= 11 is 3.34. The molecule has 0 bridgehead atoms. The second-order valence-electron chi connectivity index (χ2n) is 6.23. The number of nitrogens with zero attached hydrogens (tertiary/aromatic N) is 5. The summed E-state index contributed by atoms with van der Waals surface area (Å²) in [5.74, 6) is 0.418. The first-order chi connectivity index (χ1) is 13.5. The molecule has 4 rings (SSSR count). The van der Waals surface area contributed by atoms with Crippen LogP contribution >= 0.6 is 15.9 Å². The molecule has 4 aromatic rings. The minimum atomic E-state index is -0.396. The normalized spacial score (nSPS) is 11.2. The predicted octanol–water partition coefficient (Wildman–Crippen LogP) is 5.32. The van der Waals surface area contributed by atoms with E-state index < -0.39 is 5.82 Å². The van der Waals surface area contributed by atoms with Crippen LogP contribution in [0.2, 0.25) is 0 Å². The van der Waals surface area contributed by atoms with Crippen LogP contribution in [0.3, 0.4) is 0 Å². The summed E-state index contributed by atoms with van der Waals surface area (Å²) in [5, 5.41) is 5.05. The van der Waals surface area contributed by atoms with Gasteiger partial charge in [0.2, 0.25) is 5.95 Å². The summed E-state index contributed by atoms with van der Waals surface area (Å²) in [6.07, 6.45) is 1.64. The second-order valence-corrected chi connectivity index (χ2v) is 7.15. The Morgan fingerprint density at radius 2 is 1.86 bits per heavy atom. The summed E-state index contributed by atoms with van der Waals surface area (Å²) in [4.78, 5) is 10.7. The molecule has 0 N–H and O–H groups in total. The van der Waals surface area contributed by atoms with Crippen molar-refractivity contribution >= 4 is 38.6 Å². The van der Waals surface area contributed by atoms with Gasteiger partial charge >= 0.3 is 0 Å². The van der Waals surface area contributed by atoms with Gasteiger partial charge in [0.05, 0.1) is 5.69 Å². The Hall–Kier alpha value is -2.87. The van der Waals surface area contributed by atoms with Crippen molar-refractivity contribution in [1.29, 1.82) is 0 Å². The maximum Gasteiger partial charge on any atom is 0.231 e. The summed E-state index contributed by atoms with van der Waals surface area (Å²) in [5.41, 5.74) is 1.73. The van der Waals surface area contributed by atoms with E-state index >= 15 is 0 Å². The molecule has 0 fully saturated rings. The number of rotatable bonds is 4. The molecule has 2 aromatic heterocycles. The minimum absolute atomic E-state index is 0.293. The van der Waals surface area contributed by atoms with Gasteiger partial charge in [-0.1, -0.05) is 15.9 Å². The lowest BCUT2D eigenvalue weighted by Crippen LogP contribution is -2.17. The summed E-state index contributed by atoms with van der Waals surface area (Å²) in [7, 11) is 1.81. The SMILES string of the molecule is CCn1nc2c(F)cc(Br)cc2c1N(C)c1nccc(-c2ccc(F)cc2)n1. The van der Waals surface area contributed by atoms with Gasteiger partial charge in [-0.05, 0) is 49.4 Å². The molecule has 2 aromatic carbocycles. The molecule has 0 aliphatic carbocycles. The van der Waals surface area contributed by atoms with Gasteiger partial charge in [0.1, 0.15) is 17.2 Å². The van der Waals surface area contributed by atoms with Crippen LogP contribution in [0.1, 0.15) is 6.92 Å². The van der Waals surface area contributed by atoms with Crippen molar-refractivity contribution in [2.75, 3.05) is 11.9 Å². The van der Waals surface area contributed by atoms with Crippen LogP contribution in [-0.2, 0) is 6.54 Å². The Morgan fingerprint density at radius 3 is 2.57 bits per heavy atom. The molecule has 5 nitrogen and oxygen atoms in total. The van der Waals surface area contributed by atoms with Crippen LogP contribution in [0.5, 0.6) is 0 Å². The standard InChI is InChI=1S/C20H16BrF2N5/c1-3-28-19(15-10-13(21)11-16(23)18(15)26-28)27(2)20-24-9-8-17(25-20)12-4-6-14(22)7-5-12/h4-11H,3H2,1-2H3. The maximum atomic E-state index is 14.4. The van der Waals surface area contributed by atoms with Gasteiger partial charge in [0.15, 0.2) is 5.82 Å². The van der Waals surface area contributed by atoms with Crippen LogP contribution in [0.4, 0.5) is 20.5 Å². The van der Waals surface area contributed by atoms with E-state index in [1.54, 1.807) is 34.0 Å². The Kier molecular flexibility index (Phi) is 4.80. The van der Waals surface area contributed by atoms with Crippen LogP contribution < -0.4 is 4.90 Å². The Labute approximate surface area is 168 Å². The van der Waals surface area contributed by atoms with Crippen molar-refractivity contribution in [1.82, 2.24) is 19.7 Å². The number of hydrogen-bond acceptors (Lipinski definition) is 4. The molecule has 0 aliphatic heterocycles. The molecule has 142 valence electrons. The van der Waals surface area contributed by atoms with Crippen LogP contribution in [0.25, 0.3) is 22.2 Å². The van der Waals surface area contributed by atoms with Crippen molar-refractivity contribution in [3.8, 4) is 11.3 Å². The largest absolute Gasteiger partial charge is 0.298 e. The van der Waals surface area contributed by atoms with E-state index in [4.69, 9.17) is 0 Å². The highest BCUT2D eigenvalue weighted by molar-refractivity contribution is 9.10. The third kappa shape index (κ3) is 3.24. The fraction of sp³-hybridized carbons (Fsp3) is 0.150. The second kappa shape index (κ2) is 7.27. The highest BCUT2D eigenvalue weighted by atomic mass is 79.9. The highest BCUT2D eigenvalue weighted by Crippen LogP contribution is 2.33. The first kappa shape index (κ1) is 18.5. The number of anilines is 2. The number of hydrogen-bond donors (Lipinski definition) is 0. The van der Waals surface area contributed by atoms with Crippen LogP contribution in [0, 0.1) is 11.6 Å². The molecule has 0 radical (unpaired) electrons. The molecule has 0 saturated carbocycles. The zero-order valence-corrected chi connectivity index (χ0v) is 16.8. The molecule has 8 heteroatoms. The molecule has 0 saturated heterocycles. The van der Waals surface area contributed by atoms with Crippen LogP contribution in [-0.4, -0.2) is 26.8 Å². The maximum absolute atomic E-state index is 14.4. The van der Waals surface area contributed by atoms with E-state index in [9.17, 15) is 8.78 Å². The zero-order valence-electron chi connectivity index (χ0n) is 15.2. The number of halogens is 3. The van der Waals surface area contributed by atoms with E-state index in [0.29, 0.717) is 39.4 Å². The number of benzene rings is 2. The molecule has 28 heavy (non-hydrogen) atoms. The Bertz CT molecular complexity index is 1160. The summed E-state index contributed by atoms with van der Waals surface area (Å²) in [6, 6.07) is 11.1. The number of fused-ring (bicyclic) bond motifs is 1. The minimum Gasteiger partial charge on any atom is -0.298 e. The van der Waals surface area contributed by atoms with Crippen molar-refractivity contribution in [2.24, 2.45) is 0 Å². The van der Waals surface area contributed by atoms with Gasteiger partial charge < -0.3 is 0 Å². The molecule has 2 heterocycles. The Balaban J connectivity index is 1.83. The van der Waals surface area contributed by atoms with Gasteiger partial charge in [-0.15, -0.1) is 0 Å². The van der Waals surface area contributed by atoms with Crippen molar-refractivity contribution in [2.45, 2.75) is 13.5 Å². The molecule has 0 amide bonds. The predicted molar refractivity (Wildman–Crippen MR) is 109 cm³/mol. The quantitative estimate of drug-likeness (QED) is 0.428. The van der Waals surface area contributed by atoms with Crippen LogP contribution in [0.15, 0.2) is 53.1 Å². The molecule has 0 aliphatic rings. The molecule has 0 atom stereocenters. The number of aromatic nitrogens is 4. The average molecular weight is 444 g/mol. The van der Waals surface area contributed by atoms with Gasteiger partial charge in [-0.25, -0.2) is 23.4 Å². The van der Waals surface area contributed by atoms with Gasteiger partial charge in [0, 0.05) is 35.2 Å². The monoisotopic (exact) mass is 443 g/mol. The molecular formula is C20H16BrF2N5. The van der Waals surface area contributed by atoms with Crippen molar-refractivity contribution in [3.05, 3.63) is 64.8 Å². The fourth-order valence-electron chi connectivity index (χ4n) is 3.11. The van der Waals surface area contributed by atoms with E-state index in [-0.39, 0.29) is 5.82 Å². The third-order valence-corrected chi connectivity index (χ3v) is 4.89. The zero-order chi connectivity index (χ0) is 19.8. The highest BCUT2D eigenvalue weighted by Gasteiger charge is 2.20. The van der Waals surface area contributed by atoms with Gasteiger partial charge in [-0.3, -0.25) is 4.90 Å². The van der Waals surface area contributed by atoms with E-state index in [2.05, 4.69) is 31.0 Å². The molecular weight excluding hydrogens is 428 g/mol. The molecule has 0 unspecified atom stereocenters. The lowest BCUT2D eigenvalue weighted by Gasteiger charge is -2.19. The van der Waals surface area contributed by atoms with Gasteiger partial charge in [0.25, 0.3) is 0 Å². The molecule has 0 spiro atoms. The first-order valence-electron chi connectivity index (χ1n) is 8.66. The number of aryl methyl sites for hydroxylation is 1.